The molecule has 1 aliphatic carbocycles. The van der Waals surface area contributed by atoms with Crippen LogP contribution in [-0.4, -0.2) is 30.3 Å². The summed E-state index contributed by atoms with van der Waals surface area (Å²) in [5.74, 6) is 0.148. The van der Waals surface area contributed by atoms with Crippen molar-refractivity contribution >= 4 is 15.7 Å². The van der Waals surface area contributed by atoms with Crippen molar-refractivity contribution in [2.45, 2.75) is 50.5 Å². The first-order valence-electron chi connectivity index (χ1n) is 9.63. The summed E-state index contributed by atoms with van der Waals surface area (Å²) in [6.07, 6.45) is 5.02. The first-order chi connectivity index (χ1) is 13.5. The van der Waals surface area contributed by atoms with Crippen LogP contribution in [0.15, 0.2) is 48.7 Å². The molecule has 1 N–H and O–H groups in total. The molecule has 150 valence electrons. The number of amides is 1. The minimum atomic E-state index is -3.17. The van der Waals surface area contributed by atoms with Crippen molar-refractivity contribution in [2.24, 2.45) is 0 Å². The fourth-order valence-electron chi connectivity index (χ4n) is 3.31. The standard InChI is InChI=1S/C21H26N2O4S/c24-20(11-13-28(25,26)19-8-4-5-9-19)23-15-18-10-12-22-21(14-18)27-16-17-6-2-1-3-7-17/h1-3,6-7,10,12,14,19H,4-5,8-9,11,13,15-16H2,(H,23,24). The fraction of sp³-hybridized carbons (Fsp3) is 0.429. The van der Waals surface area contributed by atoms with E-state index in [1.165, 1.54) is 0 Å². The molecule has 0 spiro atoms. The number of hydrogen-bond acceptors (Lipinski definition) is 5. The van der Waals surface area contributed by atoms with Gasteiger partial charge in [-0.3, -0.25) is 4.79 Å². The van der Waals surface area contributed by atoms with Gasteiger partial charge in [0.1, 0.15) is 6.61 Å². The van der Waals surface area contributed by atoms with Crippen molar-refractivity contribution in [1.82, 2.24) is 10.3 Å². The molecular weight excluding hydrogens is 376 g/mol. The largest absolute Gasteiger partial charge is 0.473 e. The van der Waals surface area contributed by atoms with Crippen LogP contribution in [-0.2, 0) is 27.8 Å². The van der Waals surface area contributed by atoms with Gasteiger partial charge in [0.2, 0.25) is 11.8 Å². The Kier molecular flexibility index (Phi) is 7.03. The molecule has 6 nitrogen and oxygen atoms in total. The molecule has 0 bridgehead atoms. The Morgan fingerprint density at radius 1 is 1.11 bits per heavy atom. The van der Waals surface area contributed by atoms with Crippen molar-refractivity contribution in [1.29, 1.82) is 0 Å². The molecule has 0 unspecified atom stereocenters. The minimum absolute atomic E-state index is 0.00127. The van der Waals surface area contributed by atoms with E-state index in [-0.39, 0.29) is 23.3 Å². The minimum Gasteiger partial charge on any atom is -0.473 e. The van der Waals surface area contributed by atoms with E-state index >= 15 is 0 Å². The smallest absolute Gasteiger partial charge is 0.221 e. The first kappa shape index (κ1) is 20.3. The molecule has 7 heteroatoms. The van der Waals surface area contributed by atoms with Crippen LogP contribution in [0.3, 0.4) is 0 Å². The predicted octanol–water partition coefficient (Wildman–Crippen LogP) is 3.02. The summed E-state index contributed by atoms with van der Waals surface area (Å²) < 4.78 is 30.2. The Bertz CT molecular complexity index is 878. The number of pyridine rings is 1. The number of benzene rings is 1. The maximum Gasteiger partial charge on any atom is 0.221 e. The lowest BCUT2D eigenvalue weighted by molar-refractivity contribution is -0.120. The molecule has 1 fully saturated rings. The summed E-state index contributed by atoms with van der Waals surface area (Å²) in [6.45, 7) is 0.731. The lowest BCUT2D eigenvalue weighted by atomic mass is 10.2. The number of carbonyl (C=O) groups is 1. The molecule has 1 heterocycles. The Balaban J connectivity index is 1.44. The molecule has 1 amide bonds. The van der Waals surface area contributed by atoms with Crippen molar-refractivity contribution in [3.63, 3.8) is 0 Å². The van der Waals surface area contributed by atoms with Crippen molar-refractivity contribution < 1.29 is 17.9 Å². The number of aromatic nitrogens is 1. The van der Waals surface area contributed by atoms with E-state index < -0.39 is 9.84 Å². The molecule has 0 radical (unpaired) electrons. The summed E-state index contributed by atoms with van der Waals surface area (Å²) in [6, 6.07) is 13.4. The van der Waals surface area contributed by atoms with E-state index in [4.69, 9.17) is 4.74 Å². The van der Waals surface area contributed by atoms with Gasteiger partial charge in [0.05, 0.1) is 11.0 Å². The zero-order valence-electron chi connectivity index (χ0n) is 15.8. The third kappa shape index (κ3) is 6.05. The molecule has 1 aromatic carbocycles. The van der Waals surface area contributed by atoms with Crippen molar-refractivity contribution in [2.75, 3.05) is 5.75 Å². The van der Waals surface area contributed by atoms with Gasteiger partial charge < -0.3 is 10.1 Å². The topological polar surface area (TPSA) is 85.4 Å². The first-order valence-corrected chi connectivity index (χ1v) is 11.3. The average Bonchev–Trinajstić information content (AvgIpc) is 3.26. The van der Waals surface area contributed by atoms with Crippen LogP contribution in [0.5, 0.6) is 5.88 Å². The van der Waals surface area contributed by atoms with E-state index in [9.17, 15) is 13.2 Å². The van der Waals surface area contributed by atoms with Crippen molar-refractivity contribution in [3.8, 4) is 5.88 Å². The predicted molar refractivity (Wildman–Crippen MR) is 108 cm³/mol. The molecule has 3 rings (SSSR count). The average molecular weight is 403 g/mol. The van der Waals surface area contributed by atoms with Gasteiger partial charge in [-0.15, -0.1) is 0 Å². The molecule has 0 atom stereocenters. The zero-order chi connectivity index (χ0) is 19.8. The number of nitrogens with zero attached hydrogens (tertiary/aromatic N) is 1. The lowest BCUT2D eigenvalue weighted by Gasteiger charge is -2.11. The summed E-state index contributed by atoms with van der Waals surface area (Å²) in [5.41, 5.74) is 1.90. The summed E-state index contributed by atoms with van der Waals surface area (Å²) >= 11 is 0. The van der Waals surface area contributed by atoms with Crippen LogP contribution in [0.25, 0.3) is 0 Å². The number of hydrogen-bond donors (Lipinski definition) is 1. The second-order valence-electron chi connectivity index (χ2n) is 7.08. The third-order valence-corrected chi connectivity index (χ3v) is 7.20. The Morgan fingerprint density at radius 2 is 1.86 bits per heavy atom. The van der Waals surface area contributed by atoms with Gasteiger partial charge in [-0.1, -0.05) is 43.2 Å². The highest BCUT2D eigenvalue weighted by molar-refractivity contribution is 7.92. The van der Waals surface area contributed by atoms with Crippen molar-refractivity contribution in [3.05, 3.63) is 59.8 Å². The van der Waals surface area contributed by atoms with Crippen LogP contribution >= 0.6 is 0 Å². The molecule has 1 saturated carbocycles. The van der Waals surface area contributed by atoms with Gasteiger partial charge in [-0.2, -0.15) is 0 Å². The monoisotopic (exact) mass is 402 g/mol. The second kappa shape index (κ2) is 9.68. The van der Waals surface area contributed by atoms with Gasteiger partial charge >= 0.3 is 0 Å². The number of ether oxygens (including phenoxy) is 1. The van der Waals surface area contributed by atoms with Gasteiger partial charge in [0, 0.05) is 25.2 Å². The molecule has 0 aliphatic heterocycles. The van der Waals surface area contributed by atoms with Gasteiger partial charge in [-0.05, 0) is 30.0 Å². The molecule has 1 aliphatic rings. The Morgan fingerprint density at radius 3 is 2.61 bits per heavy atom. The SMILES string of the molecule is O=C(CCS(=O)(=O)C1CCCC1)NCc1ccnc(OCc2ccccc2)c1. The summed E-state index contributed by atoms with van der Waals surface area (Å²) in [4.78, 5) is 16.2. The molecule has 1 aromatic heterocycles. The van der Waals surface area contributed by atoms with Crippen LogP contribution in [0.1, 0.15) is 43.2 Å². The maximum absolute atomic E-state index is 12.2. The lowest BCUT2D eigenvalue weighted by Crippen LogP contribution is -2.28. The number of nitrogens with one attached hydrogen (secondary N) is 1. The van der Waals surface area contributed by atoms with Gasteiger partial charge in [0.15, 0.2) is 9.84 Å². The highest BCUT2D eigenvalue weighted by Crippen LogP contribution is 2.25. The molecule has 0 saturated heterocycles. The van der Waals surface area contributed by atoms with Crippen LogP contribution in [0.4, 0.5) is 0 Å². The summed E-state index contributed by atoms with van der Waals surface area (Å²) in [5, 5.41) is 2.52. The molecule has 28 heavy (non-hydrogen) atoms. The normalized spacial score (nSPS) is 14.7. The van der Waals surface area contributed by atoms with Gasteiger partial charge in [0.25, 0.3) is 0 Å². The van der Waals surface area contributed by atoms with Crippen LogP contribution in [0.2, 0.25) is 0 Å². The van der Waals surface area contributed by atoms with E-state index in [0.717, 1.165) is 36.8 Å². The maximum atomic E-state index is 12.2. The number of rotatable bonds is 9. The van der Waals surface area contributed by atoms with E-state index in [1.807, 2.05) is 30.3 Å². The van der Waals surface area contributed by atoms with E-state index in [1.54, 1.807) is 18.3 Å². The summed E-state index contributed by atoms with van der Waals surface area (Å²) in [7, 11) is -3.17. The quantitative estimate of drug-likeness (QED) is 0.697. The highest BCUT2D eigenvalue weighted by Gasteiger charge is 2.28. The number of sulfone groups is 1. The fourth-order valence-corrected chi connectivity index (χ4v) is 5.16. The van der Waals surface area contributed by atoms with E-state index in [0.29, 0.717) is 19.0 Å². The van der Waals surface area contributed by atoms with Gasteiger partial charge in [-0.25, -0.2) is 13.4 Å². The highest BCUT2D eigenvalue weighted by atomic mass is 32.2. The zero-order valence-corrected chi connectivity index (χ0v) is 16.7. The van der Waals surface area contributed by atoms with E-state index in [2.05, 4.69) is 10.3 Å². The third-order valence-electron chi connectivity index (χ3n) is 4.94. The van der Waals surface area contributed by atoms with Crippen LogP contribution < -0.4 is 10.1 Å². The Hall–Kier alpha value is -2.41. The second-order valence-corrected chi connectivity index (χ2v) is 9.48. The van der Waals surface area contributed by atoms with Crippen LogP contribution in [0, 0.1) is 0 Å². The Labute approximate surface area is 166 Å². The molecular formula is C21H26N2O4S. The number of carbonyl (C=O) groups excluding carboxylic acids is 1. The molecule has 2 aromatic rings.